The summed E-state index contributed by atoms with van der Waals surface area (Å²) in [6.45, 7) is 2.01. The summed E-state index contributed by atoms with van der Waals surface area (Å²) in [7, 11) is -2.18. The maximum absolute atomic E-state index is 12.5. The molecule has 0 saturated carbocycles. The molecule has 0 amide bonds. The summed E-state index contributed by atoms with van der Waals surface area (Å²) in [5, 5.41) is 0. The number of aromatic nitrogens is 1. The molecule has 0 aliphatic carbocycles. The van der Waals surface area contributed by atoms with Gasteiger partial charge in [0.05, 0.1) is 12.0 Å². The first kappa shape index (κ1) is 17.0. The average Bonchev–Trinajstić information content (AvgIpc) is 2.63. The van der Waals surface area contributed by atoms with E-state index in [1.807, 2.05) is 25.1 Å². The zero-order valence-corrected chi connectivity index (χ0v) is 14.7. The van der Waals surface area contributed by atoms with E-state index in [1.54, 1.807) is 36.7 Å². The molecule has 5 nitrogen and oxygen atoms in total. The molecule has 0 atom stereocenters. The van der Waals surface area contributed by atoms with Gasteiger partial charge in [0.15, 0.2) is 0 Å². The van der Waals surface area contributed by atoms with Gasteiger partial charge in [-0.3, -0.25) is 9.71 Å². The number of sulfonamides is 1. The van der Waals surface area contributed by atoms with Crippen molar-refractivity contribution in [2.24, 2.45) is 0 Å². The van der Waals surface area contributed by atoms with Crippen LogP contribution in [0.5, 0.6) is 5.75 Å². The van der Waals surface area contributed by atoms with Gasteiger partial charge < -0.3 is 4.74 Å². The van der Waals surface area contributed by atoms with E-state index in [-0.39, 0.29) is 4.90 Å². The highest BCUT2D eigenvalue weighted by Crippen LogP contribution is 2.25. The van der Waals surface area contributed by atoms with Crippen molar-refractivity contribution in [2.75, 3.05) is 11.8 Å². The maximum Gasteiger partial charge on any atom is 0.262 e. The van der Waals surface area contributed by atoms with Gasteiger partial charge in [-0.05, 0) is 48.4 Å². The van der Waals surface area contributed by atoms with E-state index < -0.39 is 10.0 Å². The predicted molar refractivity (Wildman–Crippen MR) is 98.2 cm³/mol. The van der Waals surface area contributed by atoms with Crippen LogP contribution in [0.4, 0.5) is 5.69 Å². The Bertz CT molecular complexity index is 984. The molecular weight excluding hydrogens is 336 g/mol. The van der Waals surface area contributed by atoms with Crippen molar-refractivity contribution in [3.63, 3.8) is 0 Å². The van der Waals surface area contributed by atoms with Gasteiger partial charge in [0.1, 0.15) is 5.75 Å². The van der Waals surface area contributed by atoms with Gasteiger partial charge in [-0.2, -0.15) is 0 Å². The lowest BCUT2D eigenvalue weighted by Gasteiger charge is -2.10. The number of nitrogens with one attached hydrogen (secondary N) is 1. The number of hydrogen-bond donors (Lipinski definition) is 1. The number of nitrogens with zero attached hydrogens (tertiary/aromatic N) is 1. The van der Waals surface area contributed by atoms with Crippen LogP contribution in [0.1, 0.15) is 5.56 Å². The molecule has 0 radical (unpaired) electrons. The van der Waals surface area contributed by atoms with Crippen molar-refractivity contribution in [1.29, 1.82) is 0 Å². The van der Waals surface area contributed by atoms with Crippen LogP contribution in [0.15, 0.2) is 71.9 Å². The van der Waals surface area contributed by atoms with E-state index in [9.17, 15) is 8.42 Å². The summed E-state index contributed by atoms with van der Waals surface area (Å²) in [4.78, 5) is 4.29. The van der Waals surface area contributed by atoms with Crippen LogP contribution >= 0.6 is 0 Å². The summed E-state index contributed by atoms with van der Waals surface area (Å²) in [6.07, 6.45) is 3.54. The van der Waals surface area contributed by atoms with Gasteiger partial charge in [-0.25, -0.2) is 8.42 Å². The summed E-state index contributed by atoms with van der Waals surface area (Å²) in [6, 6.07) is 15.5. The number of rotatable bonds is 5. The Labute approximate surface area is 147 Å². The first-order chi connectivity index (χ1) is 12.0. The minimum absolute atomic E-state index is 0.152. The number of ether oxygens (including phenoxy) is 1. The van der Waals surface area contributed by atoms with Crippen LogP contribution in [-0.4, -0.2) is 20.5 Å². The summed E-state index contributed by atoms with van der Waals surface area (Å²) in [5.74, 6) is 0.491. The van der Waals surface area contributed by atoms with Crippen molar-refractivity contribution in [3.05, 3.63) is 72.6 Å². The van der Waals surface area contributed by atoms with Crippen molar-refractivity contribution in [3.8, 4) is 16.9 Å². The smallest absolute Gasteiger partial charge is 0.262 e. The monoisotopic (exact) mass is 354 g/mol. The molecule has 6 heteroatoms. The molecule has 128 valence electrons. The van der Waals surface area contributed by atoms with E-state index in [0.717, 1.165) is 16.7 Å². The molecule has 1 N–H and O–H groups in total. The number of anilines is 1. The molecule has 3 aromatic rings. The molecule has 0 saturated heterocycles. The van der Waals surface area contributed by atoms with Gasteiger partial charge >= 0.3 is 0 Å². The van der Waals surface area contributed by atoms with Gasteiger partial charge in [-0.1, -0.05) is 18.2 Å². The van der Waals surface area contributed by atoms with Crippen LogP contribution in [0.3, 0.4) is 0 Å². The second kappa shape index (κ2) is 6.94. The second-order valence-corrected chi connectivity index (χ2v) is 7.23. The SMILES string of the molecule is COc1cccc(S(=O)(=O)Nc2ccc(-c3cnccc3C)cc2)c1. The fraction of sp³-hybridized carbons (Fsp3) is 0.105. The molecule has 0 unspecified atom stereocenters. The van der Waals surface area contributed by atoms with Crippen LogP contribution < -0.4 is 9.46 Å². The Balaban J connectivity index is 1.84. The van der Waals surface area contributed by atoms with E-state index in [4.69, 9.17) is 4.74 Å². The molecule has 1 aromatic heterocycles. The number of hydrogen-bond acceptors (Lipinski definition) is 4. The van der Waals surface area contributed by atoms with Crippen molar-refractivity contribution >= 4 is 15.7 Å². The molecule has 0 bridgehead atoms. The molecule has 2 aromatic carbocycles. The molecule has 3 rings (SSSR count). The standard InChI is InChI=1S/C19H18N2O3S/c1-14-10-11-20-13-19(14)15-6-8-16(9-7-15)21-25(22,23)18-5-3-4-17(12-18)24-2/h3-13,21H,1-2H3. The lowest BCUT2D eigenvalue weighted by Crippen LogP contribution is -2.12. The summed E-state index contributed by atoms with van der Waals surface area (Å²) >= 11 is 0. The molecular formula is C19H18N2O3S. The number of methoxy groups -OCH3 is 1. The lowest BCUT2D eigenvalue weighted by molar-refractivity contribution is 0.413. The van der Waals surface area contributed by atoms with Gasteiger partial charge in [0.25, 0.3) is 10.0 Å². The maximum atomic E-state index is 12.5. The van der Waals surface area contributed by atoms with Gasteiger partial charge in [0.2, 0.25) is 0 Å². The van der Waals surface area contributed by atoms with Crippen molar-refractivity contribution < 1.29 is 13.2 Å². The first-order valence-corrected chi connectivity index (χ1v) is 9.16. The summed E-state index contributed by atoms with van der Waals surface area (Å²) in [5.41, 5.74) is 3.60. The van der Waals surface area contributed by atoms with Crippen LogP contribution in [-0.2, 0) is 10.0 Å². The highest BCUT2D eigenvalue weighted by atomic mass is 32.2. The number of benzene rings is 2. The Morgan fingerprint density at radius 2 is 1.80 bits per heavy atom. The third kappa shape index (κ3) is 3.80. The quantitative estimate of drug-likeness (QED) is 0.755. The van der Waals surface area contributed by atoms with E-state index in [2.05, 4.69) is 9.71 Å². The van der Waals surface area contributed by atoms with Gasteiger partial charge in [0, 0.05) is 29.7 Å². The zero-order chi connectivity index (χ0) is 17.9. The number of pyridine rings is 1. The minimum atomic E-state index is -3.67. The molecule has 0 aliphatic heterocycles. The Kier molecular flexibility index (Phi) is 4.72. The fourth-order valence-corrected chi connectivity index (χ4v) is 3.56. The number of aryl methyl sites for hydroxylation is 1. The molecule has 0 spiro atoms. The normalized spacial score (nSPS) is 11.1. The average molecular weight is 354 g/mol. The van der Waals surface area contributed by atoms with Crippen molar-refractivity contribution in [1.82, 2.24) is 4.98 Å². The molecule has 0 aliphatic rings. The third-order valence-electron chi connectivity index (χ3n) is 3.84. The van der Waals surface area contributed by atoms with E-state index in [0.29, 0.717) is 11.4 Å². The van der Waals surface area contributed by atoms with Crippen LogP contribution in [0.2, 0.25) is 0 Å². The molecule has 25 heavy (non-hydrogen) atoms. The Hall–Kier alpha value is -2.86. The van der Waals surface area contributed by atoms with E-state index in [1.165, 1.54) is 19.2 Å². The minimum Gasteiger partial charge on any atom is -0.497 e. The van der Waals surface area contributed by atoms with Gasteiger partial charge in [-0.15, -0.1) is 0 Å². The first-order valence-electron chi connectivity index (χ1n) is 7.67. The lowest BCUT2D eigenvalue weighted by atomic mass is 10.0. The third-order valence-corrected chi connectivity index (χ3v) is 5.22. The van der Waals surface area contributed by atoms with Crippen LogP contribution in [0.25, 0.3) is 11.1 Å². The molecule has 1 heterocycles. The highest BCUT2D eigenvalue weighted by Gasteiger charge is 2.15. The molecule has 0 fully saturated rings. The van der Waals surface area contributed by atoms with E-state index >= 15 is 0 Å². The van der Waals surface area contributed by atoms with Crippen molar-refractivity contribution in [2.45, 2.75) is 11.8 Å². The van der Waals surface area contributed by atoms with Crippen LogP contribution in [0, 0.1) is 6.92 Å². The Morgan fingerprint density at radius 1 is 1.04 bits per heavy atom. The predicted octanol–water partition coefficient (Wildman–Crippen LogP) is 3.87. The summed E-state index contributed by atoms with van der Waals surface area (Å²) < 4.78 is 32.7. The second-order valence-electron chi connectivity index (χ2n) is 5.55. The largest absolute Gasteiger partial charge is 0.497 e. The zero-order valence-electron chi connectivity index (χ0n) is 13.9. The fourth-order valence-electron chi connectivity index (χ4n) is 2.47. The highest BCUT2D eigenvalue weighted by molar-refractivity contribution is 7.92. The topological polar surface area (TPSA) is 68.3 Å². The Morgan fingerprint density at radius 3 is 2.48 bits per heavy atom.